The number of nitrogens with zero attached hydrogens (tertiary/aromatic N) is 2. The van der Waals surface area contributed by atoms with E-state index in [9.17, 15) is 0 Å². The second-order valence-corrected chi connectivity index (χ2v) is 6.03. The second kappa shape index (κ2) is 12.7. The Morgan fingerprint density at radius 1 is 0.737 bits per heavy atom. The van der Waals surface area contributed by atoms with E-state index < -0.39 is 0 Å². The van der Waals surface area contributed by atoms with Crippen LogP contribution in [0.1, 0.15) is 64.7 Å². The molecule has 19 heavy (non-hydrogen) atoms. The van der Waals surface area contributed by atoms with Gasteiger partial charge in [0.1, 0.15) is 0 Å². The second-order valence-electron chi connectivity index (χ2n) is 6.03. The molecule has 0 N–H and O–H groups in total. The summed E-state index contributed by atoms with van der Waals surface area (Å²) in [5.41, 5.74) is 0. The Labute approximate surface area is 121 Å². The molecule has 0 unspecified atom stereocenters. The SMILES string of the molecule is CCCCCCCCCCC=CC(N(C)C)N(C)C. The summed E-state index contributed by atoms with van der Waals surface area (Å²) in [5, 5.41) is 0. The first-order valence-electron chi connectivity index (χ1n) is 8.09. The van der Waals surface area contributed by atoms with E-state index >= 15 is 0 Å². The lowest BCUT2D eigenvalue weighted by Crippen LogP contribution is -2.38. The maximum atomic E-state index is 2.35. The molecule has 0 aromatic heterocycles. The number of hydrogen-bond donors (Lipinski definition) is 0. The van der Waals surface area contributed by atoms with Crippen LogP contribution in [0.25, 0.3) is 0 Å². The van der Waals surface area contributed by atoms with Gasteiger partial charge in [-0.2, -0.15) is 0 Å². The molecule has 0 aliphatic heterocycles. The number of unbranched alkanes of at least 4 members (excludes halogenated alkanes) is 8. The van der Waals surface area contributed by atoms with Crippen molar-refractivity contribution in [2.45, 2.75) is 70.9 Å². The molecule has 2 heteroatoms. The van der Waals surface area contributed by atoms with Crippen molar-refractivity contribution in [2.75, 3.05) is 28.2 Å². The largest absolute Gasteiger partial charge is 0.291 e. The van der Waals surface area contributed by atoms with Gasteiger partial charge in [0.15, 0.2) is 0 Å². The maximum Gasteiger partial charge on any atom is 0.0804 e. The summed E-state index contributed by atoms with van der Waals surface area (Å²) in [4.78, 5) is 4.48. The normalized spacial score (nSPS) is 12.4. The Bertz CT molecular complexity index is 201. The van der Waals surface area contributed by atoms with E-state index in [0.717, 1.165) is 0 Å². The lowest BCUT2D eigenvalue weighted by molar-refractivity contribution is 0.173. The Balaban J connectivity index is 3.47. The maximum absolute atomic E-state index is 2.35. The number of hydrogen-bond acceptors (Lipinski definition) is 2. The van der Waals surface area contributed by atoms with Gasteiger partial charge in [0.2, 0.25) is 0 Å². The van der Waals surface area contributed by atoms with Gasteiger partial charge in [0.25, 0.3) is 0 Å². The topological polar surface area (TPSA) is 6.48 Å². The highest BCUT2D eigenvalue weighted by Gasteiger charge is 2.08. The molecule has 0 spiro atoms. The Morgan fingerprint density at radius 2 is 1.21 bits per heavy atom. The fourth-order valence-electron chi connectivity index (χ4n) is 2.42. The third-order valence-electron chi connectivity index (χ3n) is 3.59. The predicted molar refractivity (Wildman–Crippen MR) is 87.5 cm³/mol. The minimum Gasteiger partial charge on any atom is -0.291 e. The van der Waals surface area contributed by atoms with E-state index in [0.29, 0.717) is 6.17 Å². The molecule has 0 aliphatic carbocycles. The first-order valence-corrected chi connectivity index (χ1v) is 8.09. The monoisotopic (exact) mass is 268 g/mol. The van der Waals surface area contributed by atoms with Gasteiger partial charge in [-0.25, -0.2) is 0 Å². The van der Waals surface area contributed by atoms with Gasteiger partial charge in [-0.15, -0.1) is 0 Å². The molecule has 0 radical (unpaired) electrons. The van der Waals surface area contributed by atoms with E-state index in [1.54, 1.807) is 0 Å². The molecule has 0 aliphatic rings. The van der Waals surface area contributed by atoms with Crippen LogP contribution in [0, 0.1) is 0 Å². The van der Waals surface area contributed by atoms with Crippen molar-refractivity contribution in [1.29, 1.82) is 0 Å². The summed E-state index contributed by atoms with van der Waals surface area (Å²) in [7, 11) is 8.52. The molecule has 0 atom stereocenters. The highest BCUT2D eigenvalue weighted by atomic mass is 15.3. The summed E-state index contributed by atoms with van der Waals surface area (Å²) >= 11 is 0. The van der Waals surface area contributed by atoms with Gasteiger partial charge in [-0.3, -0.25) is 9.80 Å². The van der Waals surface area contributed by atoms with Crippen molar-refractivity contribution < 1.29 is 0 Å². The quantitative estimate of drug-likeness (QED) is 0.292. The van der Waals surface area contributed by atoms with Gasteiger partial charge in [0, 0.05) is 0 Å². The highest BCUT2D eigenvalue weighted by molar-refractivity contribution is 4.91. The Hall–Kier alpha value is -0.340. The molecular formula is C17H36N2. The van der Waals surface area contributed by atoms with Crippen LogP contribution >= 0.6 is 0 Å². The zero-order valence-corrected chi connectivity index (χ0v) is 14.0. The summed E-state index contributed by atoms with van der Waals surface area (Å²) in [6.07, 6.45) is 17.6. The first-order chi connectivity index (χ1) is 9.09. The molecule has 0 saturated heterocycles. The van der Waals surface area contributed by atoms with Crippen molar-refractivity contribution >= 4 is 0 Å². The van der Waals surface area contributed by atoms with E-state index in [1.807, 2.05) is 0 Å². The number of likely N-dealkylation sites (N-methyl/N-ethyl adjacent to an activating group) is 2. The van der Waals surface area contributed by atoms with Crippen LogP contribution in [0.2, 0.25) is 0 Å². The standard InChI is InChI=1S/C17H36N2/c1-6-7-8-9-10-11-12-13-14-15-16-17(18(2)3)19(4)5/h15-17H,6-14H2,1-5H3. The molecule has 0 saturated carbocycles. The molecule has 114 valence electrons. The van der Waals surface area contributed by atoms with Gasteiger partial charge < -0.3 is 0 Å². The summed E-state index contributed by atoms with van der Waals surface area (Å²) < 4.78 is 0. The molecule has 0 heterocycles. The van der Waals surface area contributed by atoms with Gasteiger partial charge in [-0.05, 0) is 41.0 Å². The molecule has 0 amide bonds. The fourth-order valence-corrected chi connectivity index (χ4v) is 2.42. The predicted octanol–water partition coefficient (Wildman–Crippen LogP) is 4.52. The van der Waals surface area contributed by atoms with Crippen molar-refractivity contribution in [2.24, 2.45) is 0 Å². The van der Waals surface area contributed by atoms with Crippen LogP contribution in [0.5, 0.6) is 0 Å². The van der Waals surface area contributed by atoms with Gasteiger partial charge >= 0.3 is 0 Å². The van der Waals surface area contributed by atoms with Gasteiger partial charge in [-0.1, -0.05) is 64.0 Å². The average Bonchev–Trinajstić information content (AvgIpc) is 2.35. The summed E-state index contributed by atoms with van der Waals surface area (Å²) in [5.74, 6) is 0. The van der Waals surface area contributed by atoms with Crippen molar-refractivity contribution in [3.8, 4) is 0 Å². The van der Waals surface area contributed by atoms with Crippen molar-refractivity contribution in [1.82, 2.24) is 9.80 Å². The fraction of sp³-hybridized carbons (Fsp3) is 0.882. The van der Waals surface area contributed by atoms with E-state index in [-0.39, 0.29) is 0 Å². The summed E-state index contributed by atoms with van der Waals surface area (Å²) in [6, 6.07) is 0. The first kappa shape index (κ1) is 18.7. The van der Waals surface area contributed by atoms with Crippen LogP contribution in [0.4, 0.5) is 0 Å². The molecule has 0 rings (SSSR count). The molecular weight excluding hydrogens is 232 g/mol. The van der Waals surface area contributed by atoms with Crippen LogP contribution < -0.4 is 0 Å². The highest BCUT2D eigenvalue weighted by Crippen LogP contribution is 2.10. The van der Waals surface area contributed by atoms with Crippen molar-refractivity contribution in [3.63, 3.8) is 0 Å². The Morgan fingerprint density at radius 3 is 1.68 bits per heavy atom. The minimum absolute atomic E-state index is 0.425. The van der Waals surface area contributed by atoms with E-state index in [1.165, 1.54) is 57.8 Å². The van der Waals surface area contributed by atoms with Crippen LogP contribution in [-0.4, -0.2) is 44.2 Å². The lowest BCUT2D eigenvalue weighted by Gasteiger charge is -2.27. The van der Waals surface area contributed by atoms with E-state index in [4.69, 9.17) is 0 Å². The Kier molecular flexibility index (Phi) is 12.5. The van der Waals surface area contributed by atoms with Crippen molar-refractivity contribution in [3.05, 3.63) is 12.2 Å². The number of rotatable bonds is 12. The molecule has 0 fully saturated rings. The molecule has 0 aromatic rings. The average molecular weight is 268 g/mol. The zero-order valence-electron chi connectivity index (χ0n) is 14.0. The number of allylic oxidation sites excluding steroid dienone is 1. The zero-order chi connectivity index (χ0) is 14.5. The van der Waals surface area contributed by atoms with Gasteiger partial charge in [0.05, 0.1) is 6.17 Å². The summed E-state index contributed by atoms with van der Waals surface area (Å²) in [6.45, 7) is 2.28. The van der Waals surface area contributed by atoms with Crippen LogP contribution in [-0.2, 0) is 0 Å². The third kappa shape index (κ3) is 11.2. The molecule has 2 nitrogen and oxygen atoms in total. The third-order valence-corrected chi connectivity index (χ3v) is 3.59. The lowest BCUT2D eigenvalue weighted by atomic mass is 10.1. The molecule has 0 aromatic carbocycles. The smallest absolute Gasteiger partial charge is 0.0804 e. The van der Waals surface area contributed by atoms with E-state index in [2.05, 4.69) is 57.1 Å². The van der Waals surface area contributed by atoms with Crippen LogP contribution in [0.3, 0.4) is 0 Å². The van der Waals surface area contributed by atoms with Crippen LogP contribution in [0.15, 0.2) is 12.2 Å². The molecule has 0 bridgehead atoms. The minimum atomic E-state index is 0.425.